The van der Waals surface area contributed by atoms with Gasteiger partial charge in [-0.25, -0.2) is 0 Å². The fraction of sp³-hybridized carbons (Fsp3) is 0.519. The molecule has 1 fully saturated rings. The number of nitrogens with zero attached hydrogens (tertiary/aromatic N) is 2. The average Bonchev–Trinajstić information content (AvgIpc) is 2.83. The summed E-state index contributed by atoms with van der Waals surface area (Å²) in [5.41, 5.74) is -0.497. The highest BCUT2D eigenvalue weighted by molar-refractivity contribution is 6.38. The van der Waals surface area contributed by atoms with Crippen molar-refractivity contribution in [3.63, 3.8) is 0 Å². The molecule has 0 aliphatic heterocycles. The van der Waals surface area contributed by atoms with Gasteiger partial charge in [0.15, 0.2) is 11.5 Å². The minimum atomic E-state index is -0.565. The highest BCUT2D eigenvalue weighted by Crippen LogP contribution is 2.37. The number of halogens is 2. The number of hydrogen-bond donors (Lipinski definition) is 1. The molecule has 0 spiro atoms. The van der Waals surface area contributed by atoms with E-state index in [-0.39, 0.29) is 38.3 Å². The number of hydrogen-bond acceptors (Lipinski definition) is 5. The Bertz CT molecular complexity index is 1150. The standard InChI is InChI=1S/C27H32Cl2N2O4/c1-3-4-5-6-10-13-35-25-21(28)14-18(15-22(25)29)24(32)23-17(2)20(16-30)26(33)31(27(23)34)19-11-8-7-9-12-19/h14-15,19,34H,3-13H2,1-2H3. The molecule has 1 aliphatic rings. The molecule has 1 aromatic carbocycles. The Morgan fingerprint density at radius 2 is 1.77 bits per heavy atom. The van der Waals surface area contributed by atoms with Crippen molar-refractivity contribution < 1.29 is 14.6 Å². The monoisotopic (exact) mass is 518 g/mol. The molecular formula is C27H32Cl2N2O4. The van der Waals surface area contributed by atoms with E-state index >= 15 is 0 Å². The molecule has 0 saturated heterocycles. The second-order valence-electron chi connectivity index (χ2n) is 9.14. The number of ether oxygens (including phenoxy) is 1. The molecule has 0 radical (unpaired) electrons. The maximum absolute atomic E-state index is 13.5. The molecule has 2 aromatic rings. The van der Waals surface area contributed by atoms with Crippen LogP contribution >= 0.6 is 23.2 Å². The van der Waals surface area contributed by atoms with Crippen LogP contribution in [0.25, 0.3) is 0 Å². The first-order valence-electron chi connectivity index (χ1n) is 12.4. The Morgan fingerprint density at radius 1 is 1.14 bits per heavy atom. The van der Waals surface area contributed by atoms with Crippen molar-refractivity contribution in [2.24, 2.45) is 0 Å². The third-order valence-corrected chi connectivity index (χ3v) is 7.23. The van der Waals surface area contributed by atoms with Gasteiger partial charge < -0.3 is 9.84 Å². The minimum Gasteiger partial charge on any atom is -0.494 e. The van der Waals surface area contributed by atoms with Crippen molar-refractivity contribution >= 4 is 29.0 Å². The Hall–Kier alpha value is -2.49. The summed E-state index contributed by atoms with van der Waals surface area (Å²) in [7, 11) is 0. The van der Waals surface area contributed by atoms with Crippen molar-refractivity contribution in [2.45, 2.75) is 84.1 Å². The second-order valence-corrected chi connectivity index (χ2v) is 9.95. The molecule has 0 amide bonds. The van der Waals surface area contributed by atoms with Gasteiger partial charge in [0.25, 0.3) is 5.56 Å². The fourth-order valence-corrected chi connectivity index (χ4v) is 5.32. The molecule has 1 heterocycles. The number of ketones is 1. The first kappa shape index (κ1) is 27.1. The van der Waals surface area contributed by atoms with Gasteiger partial charge >= 0.3 is 0 Å². The minimum absolute atomic E-state index is 0.0801. The van der Waals surface area contributed by atoms with Crippen LogP contribution < -0.4 is 10.3 Å². The normalized spacial score (nSPS) is 14.0. The van der Waals surface area contributed by atoms with E-state index in [9.17, 15) is 20.0 Å². The lowest BCUT2D eigenvalue weighted by Gasteiger charge is -2.26. The lowest BCUT2D eigenvalue weighted by molar-refractivity contribution is 0.103. The molecule has 0 atom stereocenters. The molecular weight excluding hydrogens is 487 g/mol. The topological polar surface area (TPSA) is 92.3 Å². The van der Waals surface area contributed by atoms with Crippen LogP contribution in [-0.2, 0) is 0 Å². The van der Waals surface area contributed by atoms with Crippen molar-refractivity contribution in [3.8, 4) is 17.7 Å². The molecule has 6 nitrogen and oxygen atoms in total. The van der Waals surface area contributed by atoms with E-state index in [1.54, 1.807) is 0 Å². The van der Waals surface area contributed by atoms with Crippen molar-refractivity contribution in [1.82, 2.24) is 4.57 Å². The lowest BCUT2D eigenvalue weighted by atomic mass is 9.93. The Morgan fingerprint density at radius 3 is 2.37 bits per heavy atom. The van der Waals surface area contributed by atoms with Crippen LogP contribution in [0.5, 0.6) is 11.6 Å². The summed E-state index contributed by atoms with van der Waals surface area (Å²) in [6, 6.07) is 4.56. The van der Waals surface area contributed by atoms with Gasteiger partial charge in [-0.05, 0) is 43.9 Å². The van der Waals surface area contributed by atoms with Crippen molar-refractivity contribution in [2.75, 3.05) is 6.61 Å². The smallest absolute Gasteiger partial charge is 0.271 e. The van der Waals surface area contributed by atoms with Crippen LogP contribution in [0.4, 0.5) is 0 Å². The van der Waals surface area contributed by atoms with Gasteiger partial charge in [0.2, 0.25) is 5.88 Å². The number of aromatic hydroxyl groups is 1. The first-order chi connectivity index (χ1) is 16.8. The van der Waals surface area contributed by atoms with Gasteiger partial charge in [0.05, 0.1) is 22.2 Å². The molecule has 188 valence electrons. The fourth-order valence-electron chi connectivity index (χ4n) is 4.72. The number of rotatable bonds is 10. The van der Waals surface area contributed by atoms with Gasteiger partial charge in [-0.2, -0.15) is 5.26 Å². The molecule has 35 heavy (non-hydrogen) atoms. The molecule has 1 saturated carbocycles. The van der Waals surface area contributed by atoms with Crippen molar-refractivity contribution in [3.05, 3.63) is 54.8 Å². The zero-order valence-corrected chi connectivity index (χ0v) is 21.8. The predicted octanol–water partition coefficient (Wildman–Crippen LogP) is 7.13. The molecule has 1 aliphatic carbocycles. The van der Waals surface area contributed by atoms with E-state index in [0.717, 1.165) is 44.9 Å². The SMILES string of the molecule is CCCCCCCOc1c(Cl)cc(C(=O)c2c(C)c(C#N)c(=O)n(C3CCCCC3)c2O)cc1Cl. The third kappa shape index (κ3) is 6.02. The summed E-state index contributed by atoms with van der Waals surface area (Å²) in [5, 5.41) is 21.1. The number of benzene rings is 1. The molecule has 3 rings (SSSR count). The quantitative estimate of drug-likeness (QED) is 0.266. The van der Waals surface area contributed by atoms with Gasteiger partial charge in [-0.3, -0.25) is 14.2 Å². The Labute approximate surface area is 216 Å². The number of nitriles is 1. The zero-order valence-electron chi connectivity index (χ0n) is 20.3. The Balaban J connectivity index is 1.94. The van der Waals surface area contributed by atoms with Crippen LogP contribution in [0.3, 0.4) is 0 Å². The highest BCUT2D eigenvalue weighted by atomic mass is 35.5. The Kier molecular flexibility index (Phi) is 9.65. The van der Waals surface area contributed by atoms with E-state index in [0.29, 0.717) is 25.2 Å². The molecule has 1 aromatic heterocycles. The maximum atomic E-state index is 13.5. The maximum Gasteiger partial charge on any atom is 0.271 e. The predicted molar refractivity (Wildman–Crippen MR) is 138 cm³/mol. The summed E-state index contributed by atoms with van der Waals surface area (Å²) >= 11 is 12.8. The third-order valence-electron chi connectivity index (χ3n) is 6.67. The van der Waals surface area contributed by atoms with E-state index in [4.69, 9.17) is 27.9 Å². The van der Waals surface area contributed by atoms with Crippen molar-refractivity contribution in [1.29, 1.82) is 5.26 Å². The molecule has 8 heteroatoms. The second kappa shape index (κ2) is 12.5. The summed E-state index contributed by atoms with van der Waals surface area (Å²) in [6.07, 6.45) is 9.72. The van der Waals surface area contributed by atoms with Crippen LogP contribution in [0.1, 0.15) is 104 Å². The molecule has 0 unspecified atom stereocenters. The molecule has 0 bridgehead atoms. The van der Waals surface area contributed by atoms with Gasteiger partial charge in [0.1, 0.15) is 11.6 Å². The number of carbonyl (C=O) groups is 1. The summed E-state index contributed by atoms with van der Waals surface area (Å²) in [4.78, 5) is 26.5. The van der Waals surface area contributed by atoms with E-state index in [1.807, 2.05) is 6.07 Å². The number of unbranched alkanes of at least 4 members (excludes halogenated alkanes) is 4. The van der Waals surface area contributed by atoms with Crippen LogP contribution in [-0.4, -0.2) is 22.1 Å². The first-order valence-corrected chi connectivity index (χ1v) is 13.1. The van der Waals surface area contributed by atoms with E-state index < -0.39 is 17.2 Å². The van der Waals surface area contributed by atoms with E-state index in [1.165, 1.54) is 30.0 Å². The lowest BCUT2D eigenvalue weighted by Crippen LogP contribution is -2.31. The summed E-state index contributed by atoms with van der Waals surface area (Å²) < 4.78 is 6.99. The van der Waals surface area contributed by atoms with Crippen LogP contribution in [0.15, 0.2) is 16.9 Å². The number of carbonyl (C=O) groups excluding carboxylic acids is 1. The largest absolute Gasteiger partial charge is 0.494 e. The summed E-state index contributed by atoms with van der Waals surface area (Å²) in [5.74, 6) is -0.662. The molecule has 1 N–H and O–H groups in total. The number of pyridine rings is 1. The summed E-state index contributed by atoms with van der Waals surface area (Å²) in [6.45, 7) is 4.12. The van der Waals surface area contributed by atoms with Gasteiger partial charge in [-0.1, -0.05) is 75.1 Å². The highest BCUT2D eigenvalue weighted by Gasteiger charge is 2.29. The van der Waals surface area contributed by atoms with Gasteiger partial charge in [-0.15, -0.1) is 0 Å². The zero-order chi connectivity index (χ0) is 25.5. The van der Waals surface area contributed by atoms with Crippen LogP contribution in [0.2, 0.25) is 10.0 Å². The van der Waals surface area contributed by atoms with E-state index in [2.05, 4.69) is 6.92 Å². The van der Waals surface area contributed by atoms with Gasteiger partial charge in [0, 0.05) is 11.6 Å². The average molecular weight is 519 g/mol. The number of aromatic nitrogens is 1. The van der Waals surface area contributed by atoms with Crippen LogP contribution in [0, 0.1) is 18.3 Å².